The van der Waals surface area contributed by atoms with Crippen LogP contribution in [-0.4, -0.2) is 0 Å². The Labute approximate surface area is 90.9 Å². The second kappa shape index (κ2) is 3.10. The monoisotopic (exact) mass is 196 g/mol. The Morgan fingerprint density at radius 3 is 2.60 bits per heavy atom. The van der Waals surface area contributed by atoms with Gasteiger partial charge in [0.2, 0.25) is 0 Å². The first-order valence-corrected chi connectivity index (χ1v) is 5.80. The third-order valence-electron chi connectivity index (χ3n) is 3.50. The summed E-state index contributed by atoms with van der Waals surface area (Å²) in [4.78, 5) is 0. The standard InChI is InChI=1S/C15H16/c1-10(2)14-8-12-5-3-4-11-6-7-13(9-14)15(11)12/h3-5,8-10H,6-7H2,1-2H3. The molecule has 0 radical (unpaired) electrons. The van der Waals surface area contributed by atoms with Crippen molar-refractivity contribution in [2.24, 2.45) is 0 Å². The molecule has 0 amide bonds. The first-order valence-electron chi connectivity index (χ1n) is 5.80. The molecule has 0 N–H and O–H groups in total. The minimum absolute atomic E-state index is 0.634. The van der Waals surface area contributed by atoms with Gasteiger partial charge in [0.25, 0.3) is 0 Å². The molecule has 0 heterocycles. The highest BCUT2D eigenvalue weighted by Gasteiger charge is 2.15. The predicted molar refractivity (Wildman–Crippen MR) is 65.4 cm³/mol. The van der Waals surface area contributed by atoms with Crippen LogP contribution in [0.25, 0.3) is 10.8 Å². The van der Waals surface area contributed by atoms with Gasteiger partial charge in [0.05, 0.1) is 0 Å². The van der Waals surface area contributed by atoms with Gasteiger partial charge >= 0.3 is 0 Å². The fourth-order valence-electron chi connectivity index (χ4n) is 2.63. The molecule has 3 rings (SSSR count). The lowest BCUT2D eigenvalue weighted by molar-refractivity contribution is 0.865. The van der Waals surface area contributed by atoms with Crippen molar-refractivity contribution in [1.82, 2.24) is 0 Å². The summed E-state index contributed by atoms with van der Waals surface area (Å²) in [6, 6.07) is 11.5. The fraction of sp³-hybridized carbons (Fsp3) is 0.333. The van der Waals surface area contributed by atoms with Crippen LogP contribution in [0.1, 0.15) is 36.5 Å². The summed E-state index contributed by atoms with van der Waals surface area (Å²) in [7, 11) is 0. The van der Waals surface area contributed by atoms with Crippen molar-refractivity contribution in [2.75, 3.05) is 0 Å². The SMILES string of the molecule is CC(C)c1cc2c3c(cccc3c1)CC2. The van der Waals surface area contributed by atoms with Crippen molar-refractivity contribution in [2.45, 2.75) is 32.6 Å². The lowest BCUT2D eigenvalue weighted by Gasteiger charge is -2.09. The zero-order chi connectivity index (χ0) is 10.4. The predicted octanol–water partition coefficient (Wildman–Crippen LogP) is 4.06. The number of hydrogen-bond donors (Lipinski definition) is 0. The van der Waals surface area contributed by atoms with Gasteiger partial charge in [-0.05, 0) is 46.2 Å². The summed E-state index contributed by atoms with van der Waals surface area (Å²) in [5, 5.41) is 2.97. The molecule has 0 saturated heterocycles. The molecule has 0 atom stereocenters. The van der Waals surface area contributed by atoms with Crippen LogP contribution in [0.2, 0.25) is 0 Å². The van der Waals surface area contributed by atoms with Gasteiger partial charge in [0.15, 0.2) is 0 Å². The summed E-state index contributed by atoms with van der Waals surface area (Å²) in [5.41, 5.74) is 4.58. The molecule has 0 heteroatoms. The van der Waals surface area contributed by atoms with E-state index in [0.717, 1.165) is 0 Å². The molecule has 15 heavy (non-hydrogen) atoms. The van der Waals surface area contributed by atoms with Gasteiger partial charge in [0, 0.05) is 0 Å². The van der Waals surface area contributed by atoms with Gasteiger partial charge in [-0.2, -0.15) is 0 Å². The average Bonchev–Trinajstić information content (AvgIpc) is 2.64. The van der Waals surface area contributed by atoms with E-state index in [2.05, 4.69) is 44.2 Å². The van der Waals surface area contributed by atoms with E-state index in [1.807, 2.05) is 0 Å². The zero-order valence-electron chi connectivity index (χ0n) is 9.38. The minimum atomic E-state index is 0.634. The molecule has 0 saturated carbocycles. The molecular formula is C15H16. The molecule has 0 bridgehead atoms. The van der Waals surface area contributed by atoms with Gasteiger partial charge in [0.1, 0.15) is 0 Å². The van der Waals surface area contributed by atoms with E-state index < -0.39 is 0 Å². The van der Waals surface area contributed by atoms with E-state index in [0.29, 0.717) is 5.92 Å². The molecule has 0 aromatic heterocycles. The van der Waals surface area contributed by atoms with E-state index >= 15 is 0 Å². The smallest absolute Gasteiger partial charge is 0.0119 e. The van der Waals surface area contributed by atoms with E-state index in [-0.39, 0.29) is 0 Å². The van der Waals surface area contributed by atoms with Crippen molar-refractivity contribution in [1.29, 1.82) is 0 Å². The van der Waals surface area contributed by atoms with Crippen LogP contribution < -0.4 is 0 Å². The Morgan fingerprint density at radius 1 is 1.00 bits per heavy atom. The van der Waals surface area contributed by atoms with Gasteiger partial charge in [-0.25, -0.2) is 0 Å². The van der Waals surface area contributed by atoms with Gasteiger partial charge in [-0.15, -0.1) is 0 Å². The maximum atomic E-state index is 2.41. The number of hydrogen-bond acceptors (Lipinski definition) is 0. The summed E-state index contributed by atoms with van der Waals surface area (Å²) >= 11 is 0. The molecule has 0 unspecified atom stereocenters. The van der Waals surface area contributed by atoms with E-state index in [1.54, 1.807) is 5.56 Å². The van der Waals surface area contributed by atoms with Crippen LogP contribution >= 0.6 is 0 Å². The number of aryl methyl sites for hydroxylation is 2. The van der Waals surface area contributed by atoms with Crippen LogP contribution in [0.5, 0.6) is 0 Å². The molecule has 0 nitrogen and oxygen atoms in total. The van der Waals surface area contributed by atoms with Crippen molar-refractivity contribution in [3.8, 4) is 0 Å². The van der Waals surface area contributed by atoms with Gasteiger partial charge in [-0.1, -0.05) is 44.2 Å². The normalized spacial score (nSPS) is 14.1. The number of benzene rings is 2. The zero-order valence-corrected chi connectivity index (χ0v) is 9.38. The van der Waals surface area contributed by atoms with Crippen molar-refractivity contribution in [3.05, 3.63) is 47.0 Å². The molecule has 0 spiro atoms. The summed E-state index contributed by atoms with van der Waals surface area (Å²) in [6.45, 7) is 4.54. The molecule has 2 aromatic carbocycles. The maximum absolute atomic E-state index is 2.41. The molecule has 0 fully saturated rings. The molecule has 76 valence electrons. The van der Waals surface area contributed by atoms with Crippen LogP contribution in [0.15, 0.2) is 30.3 Å². The first-order chi connectivity index (χ1) is 7.25. The largest absolute Gasteiger partial charge is 0.0614 e. The van der Waals surface area contributed by atoms with Crippen molar-refractivity contribution in [3.63, 3.8) is 0 Å². The van der Waals surface area contributed by atoms with E-state index in [4.69, 9.17) is 0 Å². The lowest BCUT2D eigenvalue weighted by Crippen LogP contribution is -1.89. The molecular weight excluding hydrogens is 180 g/mol. The second-order valence-corrected chi connectivity index (χ2v) is 4.85. The molecule has 0 aliphatic heterocycles. The van der Waals surface area contributed by atoms with Crippen LogP contribution in [0.4, 0.5) is 0 Å². The lowest BCUT2D eigenvalue weighted by atomic mass is 9.96. The fourth-order valence-corrected chi connectivity index (χ4v) is 2.63. The Morgan fingerprint density at radius 2 is 1.80 bits per heavy atom. The van der Waals surface area contributed by atoms with Crippen LogP contribution in [-0.2, 0) is 12.8 Å². The summed E-state index contributed by atoms with van der Waals surface area (Å²) in [5.74, 6) is 0.634. The van der Waals surface area contributed by atoms with Crippen molar-refractivity contribution < 1.29 is 0 Å². The highest BCUT2D eigenvalue weighted by Crippen LogP contribution is 2.33. The highest BCUT2D eigenvalue weighted by atomic mass is 14.2. The summed E-state index contributed by atoms with van der Waals surface area (Å²) in [6.07, 6.45) is 2.46. The minimum Gasteiger partial charge on any atom is -0.0614 e. The van der Waals surface area contributed by atoms with Crippen LogP contribution in [0, 0.1) is 0 Å². The Bertz CT molecular complexity index is 521. The Kier molecular flexibility index (Phi) is 1.85. The summed E-state index contributed by atoms with van der Waals surface area (Å²) < 4.78 is 0. The average molecular weight is 196 g/mol. The highest BCUT2D eigenvalue weighted by molar-refractivity contribution is 5.91. The van der Waals surface area contributed by atoms with Crippen LogP contribution in [0.3, 0.4) is 0 Å². The van der Waals surface area contributed by atoms with E-state index in [9.17, 15) is 0 Å². The van der Waals surface area contributed by atoms with Gasteiger partial charge < -0.3 is 0 Å². The second-order valence-electron chi connectivity index (χ2n) is 4.85. The Hall–Kier alpha value is -1.30. The van der Waals surface area contributed by atoms with E-state index in [1.165, 1.54) is 34.7 Å². The number of rotatable bonds is 1. The molecule has 1 aliphatic carbocycles. The third-order valence-corrected chi connectivity index (χ3v) is 3.50. The van der Waals surface area contributed by atoms with Crippen molar-refractivity contribution >= 4 is 10.8 Å². The maximum Gasteiger partial charge on any atom is -0.0119 e. The molecule has 1 aliphatic rings. The topological polar surface area (TPSA) is 0 Å². The quantitative estimate of drug-likeness (QED) is 0.645. The van der Waals surface area contributed by atoms with Gasteiger partial charge in [-0.3, -0.25) is 0 Å². The first kappa shape index (κ1) is 8.96. The Balaban J connectivity index is 2.36. The third kappa shape index (κ3) is 1.28. The molecule has 2 aromatic rings.